The summed E-state index contributed by atoms with van der Waals surface area (Å²) in [4.78, 5) is 0. The minimum atomic E-state index is -0.857. The second-order valence-corrected chi connectivity index (χ2v) is 4.65. The van der Waals surface area contributed by atoms with Gasteiger partial charge in [-0.1, -0.05) is 6.07 Å². The lowest BCUT2D eigenvalue weighted by Crippen LogP contribution is -2.02. The van der Waals surface area contributed by atoms with Crippen LogP contribution in [-0.2, 0) is 0 Å². The Morgan fingerprint density at radius 2 is 1.72 bits per heavy atom. The molecule has 0 aliphatic carbocycles. The maximum atomic E-state index is 13.3. The first-order chi connectivity index (χ1) is 8.49. The van der Waals surface area contributed by atoms with E-state index in [2.05, 4.69) is 5.32 Å². The number of nitrogens with two attached hydrogens (primary N) is 1. The van der Waals surface area contributed by atoms with Crippen LogP contribution in [0.2, 0.25) is 0 Å². The van der Waals surface area contributed by atoms with Crippen LogP contribution in [0.1, 0.15) is 0 Å². The summed E-state index contributed by atoms with van der Waals surface area (Å²) in [6.07, 6.45) is 0. The first-order valence-electron chi connectivity index (χ1n) is 4.94. The van der Waals surface area contributed by atoms with Crippen LogP contribution in [0.5, 0.6) is 0 Å². The molecule has 0 fully saturated rings. The summed E-state index contributed by atoms with van der Waals surface area (Å²) in [5, 5.41) is 2.71. The SMILES string of the molecule is Nc1c(F)cc(F)cc1Nc1cccc(F)c1I. The molecule has 2 aromatic carbocycles. The Kier molecular flexibility index (Phi) is 3.65. The van der Waals surface area contributed by atoms with Gasteiger partial charge in [0.1, 0.15) is 11.6 Å². The van der Waals surface area contributed by atoms with Crippen molar-refractivity contribution in [1.29, 1.82) is 0 Å². The molecule has 0 aromatic heterocycles. The Labute approximate surface area is 115 Å². The molecule has 18 heavy (non-hydrogen) atoms. The fourth-order valence-electron chi connectivity index (χ4n) is 1.43. The van der Waals surface area contributed by atoms with E-state index in [0.29, 0.717) is 15.3 Å². The minimum Gasteiger partial charge on any atom is -0.395 e. The maximum absolute atomic E-state index is 13.3. The molecule has 0 atom stereocenters. The highest BCUT2D eigenvalue weighted by Crippen LogP contribution is 2.29. The van der Waals surface area contributed by atoms with Crippen molar-refractivity contribution in [3.63, 3.8) is 0 Å². The summed E-state index contributed by atoms with van der Waals surface area (Å²) in [5.74, 6) is -2.03. The maximum Gasteiger partial charge on any atom is 0.151 e. The Hall–Kier alpha value is -1.44. The van der Waals surface area contributed by atoms with Gasteiger partial charge in [0.2, 0.25) is 0 Å². The van der Waals surface area contributed by atoms with Crippen molar-refractivity contribution in [3.8, 4) is 0 Å². The topological polar surface area (TPSA) is 38.0 Å². The number of nitrogen functional groups attached to an aromatic ring is 1. The van der Waals surface area contributed by atoms with E-state index in [1.807, 2.05) is 0 Å². The van der Waals surface area contributed by atoms with Crippen molar-refractivity contribution in [3.05, 3.63) is 51.4 Å². The molecule has 0 heterocycles. The number of nitrogens with one attached hydrogen (secondary N) is 1. The van der Waals surface area contributed by atoms with Crippen LogP contribution < -0.4 is 11.1 Å². The summed E-state index contributed by atoms with van der Waals surface area (Å²) >= 11 is 1.79. The minimum absolute atomic E-state index is 0.0658. The molecule has 0 unspecified atom stereocenters. The van der Waals surface area contributed by atoms with Crippen LogP contribution in [0.15, 0.2) is 30.3 Å². The molecule has 2 rings (SSSR count). The number of anilines is 3. The monoisotopic (exact) mass is 364 g/mol. The van der Waals surface area contributed by atoms with E-state index in [4.69, 9.17) is 5.73 Å². The van der Waals surface area contributed by atoms with Crippen molar-refractivity contribution in [2.75, 3.05) is 11.1 Å². The van der Waals surface area contributed by atoms with Crippen molar-refractivity contribution in [1.82, 2.24) is 0 Å². The van der Waals surface area contributed by atoms with Crippen LogP contribution in [-0.4, -0.2) is 0 Å². The Balaban J connectivity index is 2.43. The van der Waals surface area contributed by atoms with Crippen LogP contribution in [0.4, 0.5) is 30.2 Å². The Morgan fingerprint density at radius 3 is 2.44 bits per heavy atom. The second-order valence-electron chi connectivity index (χ2n) is 3.58. The van der Waals surface area contributed by atoms with E-state index >= 15 is 0 Å². The largest absolute Gasteiger partial charge is 0.395 e. The first kappa shape index (κ1) is 13.0. The predicted octanol–water partition coefficient (Wildman–Crippen LogP) is 4.03. The standard InChI is InChI=1S/C12H8F3IN2/c13-6-4-8(15)12(17)10(5-6)18-9-3-1-2-7(14)11(9)16/h1-5,18H,17H2. The average molecular weight is 364 g/mol. The van der Waals surface area contributed by atoms with Gasteiger partial charge < -0.3 is 11.1 Å². The van der Waals surface area contributed by atoms with E-state index in [9.17, 15) is 13.2 Å². The highest BCUT2D eigenvalue weighted by Gasteiger charge is 2.11. The molecule has 0 aliphatic heterocycles. The molecule has 0 saturated heterocycles. The van der Waals surface area contributed by atoms with Crippen molar-refractivity contribution in [2.45, 2.75) is 0 Å². The third-order valence-corrected chi connectivity index (χ3v) is 3.41. The molecule has 0 saturated carbocycles. The molecule has 0 amide bonds. The van der Waals surface area contributed by atoms with Crippen LogP contribution in [0, 0.1) is 21.0 Å². The zero-order valence-corrected chi connectivity index (χ0v) is 11.1. The fraction of sp³-hybridized carbons (Fsp3) is 0. The number of hydrogen-bond donors (Lipinski definition) is 2. The van der Waals surface area contributed by atoms with Gasteiger partial charge in [0.05, 0.1) is 20.6 Å². The van der Waals surface area contributed by atoms with Crippen molar-refractivity contribution >= 4 is 39.7 Å². The van der Waals surface area contributed by atoms with Gasteiger partial charge in [-0.2, -0.15) is 0 Å². The third kappa shape index (κ3) is 2.53. The number of hydrogen-bond acceptors (Lipinski definition) is 2. The van der Waals surface area contributed by atoms with Gasteiger partial charge >= 0.3 is 0 Å². The molecule has 2 nitrogen and oxygen atoms in total. The van der Waals surface area contributed by atoms with Gasteiger partial charge in [-0.05, 0) is 40.8 Å². The molecule has 0 bridgehead atoms. The lowest BCUT2D eigenvalue weighted by Gasteiger charge is -2.12. The predicted molar refractivity (Wildman–Crippen MR) is 73.2 cm³/mol. The van der Waals surface area contributed by atoms with E-state index in [-0.39, 0.29) is 11.4 Å². The third-order valence-electron chi connectivity index (χ3n) is 2.32. The smallest absolute Gasteiger partial charge is 0.151 e. The molecule has 3 N–H and O–H groups in total. The highest BCUT2D eigenvalue weighted by molar-refractivity contribution is 14.1. The Bertz CT molecular complexity index is 602. The summed E-state index contributed by atoms with van der Waals surface area (Å²) < 4.78 is 40.0. The molecule has 0 spiro atoms. The summed E-state index contributed by atoms with van der Waals surface area (Å²) in [5.41, 5.74) is 5.74. The van der Waals surface area contributed by atoms with E-state index in [1.54, 1.807) is 28.7 Å². The van der Waals surface area contributed by atoms with E-state index in [1.165, 1.54) is 12.1 Å². The van der Waals surface area contributed by atoms with Crippen LogP contribution >= 0.6 is 22.6 Å². The molecule has 0 aliphatic rings. The van der Waals surface area contributed by atoms with Gasteiger partial charge in [0.15, 0.2) is 5.82 Å². The lowest BCUT2D eigenvalue weighted by molar-refractivity contribution is 0.587. The molecule has 94 valence electrons. The zero-order chi connectivity index (χ0) is 13.3. The highest BCUT2D eigenvalue weighted by atomic mass is 127. The van der Waals surface area contributed by atoms with Gasteiger partial charge in [0.25, 0.3) is 0 Å². The molecule has 2 aromatic rings. The first-order valence-corrected chi connectivity index (χ1v) is 6.02. The fourth-order valence-corrected chi connectivity index (χ4v) is 1.93. The molecule has 6 heteroatoms. The van der Waals surface area contributed by atoms with Gasteiger partial charge in [-0.15, -0.1) is 0 Å². The van der Waals surface area contributed by atoms with E-state index < -0.39 is 17.5 Å². The molecular formula is C12H8F3IN2. The average Bonchev–Trinajstić information content (AvgIpc) is 2.31. The van der Waals surface area contributed by atoms with Crippen LogP contribution in [0.3, 0.4) is 0 Å². The summed E-state index contributed by atoms with van der Waals surface area (Å²) in [6, 6.07) is 6.12. The zero-order valence-electron chi connectivity index (χ0n) is 8.98. The number of benzene rings is 2. The summed E-state index contributed by atoms with van der Waals surface area (Å²) in [7, 11) is 0. The van der Waals surface area contributed by atoms with Gasteiger partial charge in [-0.3, -0.25) is 0 Å². The number of rotatable bonds is 2. The lowest BCUT2D eigenvalue weighted by atomic mass is 10.2. The second kappa shape index (κ2) is 5.05. The van der Waals surface area contributed by atoms with Gasteiger partial charge in [-0.25, -0.2) is 13.2 Å². The molecule has 0 radical (unpaired) electrons. The van der Waals surface area contributed by atoms with Crippen molar-refractivity contribution < 1.29 is 13.2 Å². The normalized spacial score (nSPS) is 10.4. The quantitative estimate of drug-likeness (QED) is 0.624. The summed E-state index contributed by atoms with van der Waals surface area (Å²) in [6.45, 7) is 0. The van der Waals surface area contributed by atoms with Gasteiger partial charge in [0, 0.05) is 6.07 Å². The van der Waals surface area contributed by atoms with Crippen LogP contribution in [0.25, 0.3) is 0 Å². The Morgan fingerprint density at radius 1 is 1.00 bits per heavy atom. The van der Waals surface area contributed by atoms with E-state index in [0.717, 1.165) is 6.07 Å². The van der Waals surface area contributed by atoms with Crippen molar-refractivity contribution in [2.24, 2.45) is 0 Å². The number of halogens is 4. The molecular weight excluding hydrogens is 356 g/mol.